The molecule has 1 heterocycles. The largest absolute Gasteiger partial charge is 0.320 e. The zero-order valence-electron chi connectivity index (χ0n) is 10.2. The first kappa shape index (κ1) is 12.2. The summed E-state index contributed by atoms with van der Waals surface area (Å²) < 4.78 is 2.12. The van der Waals surface area contributed by atoms with E-state index in [1.807, 2.05) is 7.05 Å². The van der Waals surface area contributed by atoms with Crippen LogP contribution < -0.4 is 5.32 Å². The number of unbranched alkanes of at least 4 members (excludes halogenated alkanes) is 3. The lowest BCUT2D eigenvalue weighted by atomic mass is 10.2. The average molecular weight is 209 g/mol. The zero-order chi connectivity index (χ0) is 11.1. The highest BCUT2D eigenvalue weighted by molar-refractivity contribution is 5.06. The number of aromatic nitrogens is 2. The molecular formula is C12H23N3. The molecule has 0 fully saturated rings. The van der Waals surface area contributed by atoms with Gasteiger partial charge in [-0.1, -0.05) is 12.8 Å². The van der Waals surface area contributed by atoms with Gasteiger partial charge < -0.3 is 5.32 Å². The standard InChI is InChI=1S/C12H23N3/c1-11-10-12(2)15(14-11)9-7-5-4-6-8-13-3/h10,13H,4-9H2,1-3H3. The fraction of sp³-hybridized carbons (Fsp3) is 0.750. The molecule has 1 aromatic rings. The maximum absolute atomic E-state index is 4.45. The molecule has 0 aliphatic heterocycles. The van der Waals surface area contributed by atoms with E-state index in [4.69, 9.17) is 0 Å². The van der Waals surface area contributed by atoms with Gasteiger partial charge in [0, 0.05) is 12.2 Å². The van der Waals surface area contributed by atoms with Gasteiger partial charge >= 0.3 is 0 Å². The SMILES string of the molecule is CNCCCCCCn1nc(C)cc1C. The first-order valence-electron chi connectivity index (χ1n) is 5.89. The maximum Gasteiger partial charge on any atom is 0.0596 e. The molecule has 15 heavy (non-hydrogen) atoms. The third-order valence-electron chi connectivity index (χ3n) is 2.65. The first-order valence-corrected chi connectivity index (χ1v) is 5.89. The Bertz CT molecular complexity index is 278. The molecule has 1 aromatic heterocycles. The minimum absolute atomic E-state index is 1.07. The summed E-state index contributed by atoms with van der Waals surface area (Å²) in [7, 11) is 2.01. The van der Waals surface area contributed by atoms with Gasteiger partial charge in [0.1, 0.15) is 0 Å². The topological polar surface area (TPSA) is 29.9 Å². The molecule has 0 atom stereocenters. The van der Waals surface area contributed by atoms with Gasteiger partial charge in [-0.3, -0.25) is 4.68 Å². The van der Waals surface area contributed by atoms with Crippen molar-refractivity contribution in [3.05, 3.63) is 17.5 Å². The van der Waals surface area contributed by atoms with Crippen molar-refractivity contribution in [3.63, 3.8) is 0 Å². The van der Waals surface area contributed by atoms with Gasteiger partial charge in [-0.25, -0.2) is 0 Å². The molecule has 0 radical (unpaired) electrons. The number of nitrogens with zero attached hydrogens (tertiary/aromatic N) is 2. The van der Waals surface area contributed by atoms with E-state index in [2.05, 4.69) is 35.0 Å². The van der Waals surface area contributed by atoms with Crippen molar-refractivity contribution in [2.75, 3.05) is 13.6 Å². The Morgan fingerprint density at radius 3 is 2.53 bits per heavy atom. The van der Waals surface area contributed by atoms with Crippen molar-refractivity contribution < 1.29 is 0 Å². The molecule has 1 rings (SSSR count). The van der Waals surface area contributed by atoms with Crippen LogP contribution in [0.25, 0.3) is 0 Å². The lowest BCUT2D eigenvalue weighted by Gasteiger charge is -2.04. The molecule has 0 saturated carbocycles. The summed E-state index contributed by atoms with van der Waals surface area (Å²) in [5, 5.41) is 7.62. The minimum atomic E-state index is 1.07. The smallest absolute Gasteiger partial charge is 0.0596 e. The highest BCUT2D eigenvalue weighted by Crippen LogP contribution is 2.05. The summed E-state index contributed by atoms with van der Waals surface area (Å²) in [6.45, 7) is 6.39. The van der Waals surface area contributed by atoms with Crippen LogP contribution in [0.15, 0.2) is 6.07 Å². The van der Waals surface area contributed by atoms with E-state index in [1.165, 1.54) is 31.4 Å². The average Bonchev–Trinajstić information content (AvgIpc) is 2.51. The molecule has 0 bridgehead atoms. The minimum Gasteiger partial charge on any atom is -0.320 e. The number of hydrogen-bond donors (Lipinski definition) is 1. The summed E-state index contributed by atoms with van der Waals surface area (Å²) in [4.78, 5) is 0. The second-order valence-corrected chi connectivity index (χ2v) is 4.17. The van der Waals surface area contributed by atoms with Crippen LogP contribution in [0.3, 0.4) is 0 Å². The van der Waals surface area contributed by atoms with Gasteiger partial charge in [0.15, 0.2) is 0 Å². The van der Waals surface area contributed by atoms with E-state index >= 15 is 0 Å². The number of aryl methyl sites for hydroxylation is 3. The third-order valence-corrected chi connectivity index (χ3v) is 2.65. The summed E-state index contributed by atoms with van der Waals surface area (Å²) in [6, 6.07) is 2.14. The van der Waals surface area contributed by atoms with Gasteiger partial charge in [0.25, 0.3) is 0 Å². The monoisotopic (exact) mass is 209 g/mol. The van der Waals surface area contributed by atoms with Crippen molar-refractivity contribution >= 4 is 0 Å². The van der Waals surface area contributed by atoms with Gasteiger partial charge in [-0.15, -0.1) is 0 Å². The van der Waals surface area contributed by atoms with Crippen LogP contribution in [0.2, 0.25) is 0 Å². The lowest BCUT2D eigenvalue weighted by molar-refractivity contribution is 0.521. The normalized spacial score (nSPS) is 10.9. The zero-order valence-corrected chi connectivity index (χ0v) is 10.2. The molecule has 86 valence electrons. The van der Waals surface area contributed by atoms with E-state index in [1.54, 1.807) is 0 Å². The highest BCUT2D eigenvalue weighted by atomic mass is 15.3. The Morgan fingerprint density at radius 2 is 1.93 bits per heavy atom. The molecule has 3 heteroatoms. The number of hydrogen-bond acceptors (Lipinski definition) is 2. The predicted octanol–water partition coefficient (Wildman–Crippen LogP) is 2.28. The quantitative estimate of drug-likeness (QED) is 0.698. The predicted molar refractivity (Wildman–Crippen MR) is 64.1 cm³/mol. The highest BCUT2D eigenvalue weighted by Gasteiger charge is 1.99. The molecule has 0 aromatic carbocycles. The fourth-order valence-electron chi connectivity index (χ4n) is 1.82. The summed E-state index contributed by atoms with van der Waals surface area (Å²) in [5.74, 6) is 0. The van der Waals surface area contributed by atoms with Crippen LogP contribution in [0, 0.1) is 13.8 Å². The second-order valence-electron chi connectivity index (χ2n) is 4.17. The van der Waals surface area contributed by atoms with Gasteiger partial charge in [-0.05, 0) is 46.3 Å². The maximum atomic E-state index is 4.45. The molecule has 0 aliphatic carbocycles. The molecule has 3 nitrogen and oxygen atoms in total. The lowest BCUT2D eigenvalue weighted by Crippen LogP contribution is -2.07. The third kappa shape index (κ3) is 4.47. The fourth-order valence-corrected chi connectivity index (χ4v) is 1.82. The van der Waals surface area contributed by atoms with E-state index in [-0.39, 0.29) is 0 Å². The second kappa shape index (κ2) is 6.62. The van der Waals surface area contributed by atoms with Gasteiger partial charge in [0.05, 0.1) is 5.69 Å². The van der Waals surface area contributed by atoms with Crippen LogP contribution in [0.1, 0.15) is 37.1 Å². The Morgan fingerprint density at radius 1 is 1.20 bits per heavy atom. The summed E-state index contributed by atoms with van der Waals surface area (Å²) in [6.07, 6.45) is 5.15. The van der Waals surface area contributed by atoms with E-state index in [9.17, 15) is 0 Å². The summed E-state index contributed by atoms with van der Waals surface area (Å²) >= 11 is 0. The molecule has 0 aliphatic rings. The van der Waals surface area contributed by atoms with E-state index in [0.29, 0.717) is 0 Å². The Balaban J connectivity index is 2.12. The molecule has 0 unspecified atom stereocenters. The van der Waals surface area contributed by atoms with E-state index < -0.39 is 0 Å². The van der Waals surface area contributed by atoms with Crippen LogP contribution in [0.5, 0.6) is 0 Å². The molecule has 0 spiro atoms. The van der Waals surface area contributed by atoms with Crippen molar-refractivity contribution in [1.82, 2.24) is 15.1 Å². The first-order chi connectivity index (χ1) is 7.24. The van der Waals surface area contributed by atoms with Crippen LogP contribution in [0.4, 0.5) is 0 Å². The van der Waals surface area contributed by atoms with E-state index in [0.717, 1.165) is 18.8 Å². The van der Waals surface area contributed by atoms with Crippen molar-refractivity contribution in [2.24, 2.45) is 0 Å². The van der Waals surface area contributed by atoms with Crippen LogP contribution >= 0.6 is 0 Å². The molecule has 0 saturated heterocycles. The Kier molecular flexibility index (Phi) is 5.40. The van der Waals surface area contributed by atoms with Crippen molar-refractivity contribution in [3.8, 4) is 0 Å². The Labute approximate surface area is 92.9 Å². The van der Waals surface area contributed by atoms with Crippen molar-refractivity contribution in [2.45, 2.75) is 46.1 Å². The molecule has 0 amide bonds. The number of nitrogens with one attached hydrogen (secondary N) is 1. The molecular weight excluding hydrogens is 186 g/mol. The summed E-state index contributed by atoms with van der Waals surface area (Å²) in [5.41, 5.74) is 2.41. The van der Waals surface area contributed by atoms with Gasteiger partial charge in [-0.2, -0.15) is 5.10 Å². The van der Waals surface area contributed by atoms with Crippen molar-refractivity contribution in [1.29, 1.82) is 0 Å². The molecule has 1 N–H and O–H groups in total. The Hall–Kier alpha value is -0.830. The van der Waals surface area contributed by atoms with Crippen LogP contribution in [-0.4, -0.2) is 23.4 Å². The number of rotatable bonds is 7. The van der Waals surface area contributed by atoms with Crippen LogP contribution in [-0.2, 0) is 6.54 Å². The van der Waals surface area contributed by atoms with Gasteiger partial charge in [0.2, 0.25) is 0 Å².